The average molecular weight is 477 g/mol. The first-order chi connectivity index (χ1) is 17.0. The van der Waals surface area contributed by atoms with Crippen LogP contribution in [0.4, 0.5) is 0 Å². The molecular formula is C29H36N2O4. The number of hydrogen-bond donors (Lipinski definition) is 0. The van der Waals surface area contributed by atoms with Crippen molar-refractivity contribution in [2.45, 2.75) is 70.4 Å². The van der Waals surface area contributed by atoms with Crippen LogP contribution in [-0.4, -0.2) is 54.5 Å². The number of hydrogen-bond acceptors (Lipinski definition) is 4. The summed E-state index contributed by atoms with van der Waals surface area (Å²) in [6.07, 6.45) is 6.40. The standard InChI is InChI=1S/C29H36N2O4/c1-4-34-24-17-19-15-16-31-27(23(19)18-25(24)35-5-2)26(21-13-9-10-14-22(21)28(31)32)29(33)30(3)20-11-7-6-8-12-20/h9-10,13-14,17-18,20,26-27H,4-8,11-12,15-16H2,1-3H3/t26-,27-/m1/s1. The third kappa shape index (κ3) is 4.17. The molecule has 5 rings (SSSR count). The van der Waals surface area contributed by atoms with Gasteiger partial charge in [-0.25, -0.2) is 0 Å². The van der Waals surface area contributed by atoms with Crippen molar-refractivity contribution in [2.24, 2.45) is 0 Å². The third-order valence-electron chi connectivity index (χ3n) is 7.92. The molecule has 2 aromatic rings. The molecule has 0 saturated heterocycles. The minimum atomic E-state index is -0.442. The largest absolute Gasteiger partial charge is 0.490 e. The molecule has 2 aliphatic heterocycles. The van der Waals surface area contributed by atoms with Crippen LogP contribution in [-0.2, 0) is 11.2 Å². The Morgan fingerprint density at radius 2 is 1.69 bits per heavy atom. The molecule has 2 atom stereocenters. The van der Waals surface area contributed by atoms with Gasteiger partial charge in [0.05, 0.1) is 25.2 Å². The summed E-state index contributed by atoms with van der Waals surface area (Å²) in [4.78, 5) is 31.8. The fraction of sp³-hybridized carbons (Fsp3) is 0.517. The van der Waals surface area contributed by atoms with E-state index in [0.717, 1.165) is 41.7 Å². The maximum atomic E-state index is 14.2. The van der Waals surface area contributed by atoms with Crippen molar-refractivity contribution in [1.29, 1.82) is 0 Å². The minimum Gasteiger partial charge on any atom is -0.490 e. The summed E-state index contributed by atoms with van der Waals surface area (Å²) in [5, 5.41) is 0. The molecule has 2 aromatic carbocycles. The molecule has 0 unspecified atom stereocenters. The maximum absolute atomic E-state index is 14.2. The molecule has 186 valence electrons. The normalized spacial score (nSPS) is 21.6. The van der Waals surface area contributed by atoms with Crippen molar-refractivity contribution in [1.82, 2.24) is 9.80 Å². The van der Waals surface area contributed by atoms with Crippen molar-refractivity contribution in [3.8, 4) is 11.5 Å². The molecule has 3 aliphatic rings. The molecule has 6 nitrogen and oxygen atoms in total. The van der Waals surface area contributed by atoms with Gasteiger partial charge in [-0.2, -0.15) is 0 Å². The van der Waals surface area contributed by atoms with Gasteiger partial charge in [-0.05, 0) is 68.0 Å². The fourth-order valence-electron chi connectivity index (χ4n) is 6.20. The highest BCUT2D eigenvalue weighted by atomic mass is 16.5. The van der Waals surface area contributed by atoms with Gasteiger partial charge in [-0.3, -0.25) is 9.59 Å². The second-order valence-electron chi connectivity index (χ2n) is 9.86. The summed E-state index contributed by atoms with van der Waals surface area (Å²) in [6, 6.07) is 11.6. The van der Waals surface area contributed by atoms with E-state index in [1.807, 2.05) is 61.0 Å². The van der Waals surface area contributed by atoms with E-state index in [1.165, 1.54) is 19.3 Å². The van der Waals surface area contributed by atoms with Gasteiger partial charge in [0.25, 0.3) is 5.91 Å². The zero-order valence-corrected chi connectivity index (χ0v) is 21.1. The number of likely N-dealkylation sites (N-methyl/N-ethyl adjacent to an activating group) is 1. The summed E-state index contributed by atoms with van der Waals surface area (Å²) in [6.45, 7) is 5.56. The molecule has 0 aromatic heterocycles. The molecule has 1 saturated carbocycles. The monoisotopic (exact) mass is 476 g/mol. The summed E-state index contributed by atoms with van der Waals surface area (Å²) in [5.41, 5.74) is 3.62. The van der Waals surface area contributed by atoms with E-state index in [1.54, 1.807) is 0 Å². The number of rotatable bonds is 6. The number of carbonyl (C=O) groups is 2. The van der Waals surface area contributed by atoms with Gasteiger partial charge in [0.15, 0.2) is 11.5 Å². The van der Waals surface area contributed by atoms with Gasteiger partial charge in [-0.15, -0.1) is 0 Å². The lowest BCUT2D eigenvalue weighted by Gasteiger charge is -2.47. The number of fused-ring (bicyclic) bond motifs is 4. The predicted molar refractivity (Wildman–Crippen MR) is 135 cm³/mol. The lowest BCUT2D eigenvalue weighted by molar-refractivity contribution is -0.136. The average Bonchev–Trinajstić information content (AvgIpc) is 2.89. The molecule has 2 amide bonds. The van der Waals surface area contributed by atoms with E-state index in [-0.39, 0.29) is 23.9 Å². The number of carbonyl (C=O) groups excluding carboxylic acids is 2. The number of benzene rings is 2. The second kappa shape index (κ2) is 9.92. The number of amides is 2. The Kier molecular flexibility index (Phi) is 6.72. The highest BCUT2D eigenvalue weighted by Crippen LogP contribution is 2.49. The zero-order valence-electron chi connectivity index (χ0n) is 21.1. The molecule has 1 aliphatic carbocycles. The fourth-order valence-corrected chi connectivity index (χ4v) is 6.20. The minimum absolute atomic E-state index is 0.00691. The molecule has 0 radical (unpaired) electrons. The van der Waals surface area contributed by atoms with Crippen LogP contribution in [0.5, 0.6) is 11.5 Å². The second-order valence-corrected chi connectivity index (χ2v) is 9.86. The Hall–Kier alpha value is -3.02. The maximum Gasteiger partial charge on any atom is 0.254 e. The molecule has 6 heteroatoms. The Morgan fingerprint density at radius 3 is 2.40 bits per heavy atom. The van der Waals surface area contributed by atoms with Crippen LogP contribution >= 0.6 is 0 Å². The van der Waals surface area contributed by atoms with Crippen molar-refractivity contribution in [3.05, 3.63) is 58.7 Å². The molecule has 1 fully saturated rings. The smallest absolute Gasteiger partial charge is 0.254 e. The first-order valence-corrected chi connectivity index (χ1v) is 13.1. The molecule has 0 N–H and O–H groups in total. The Morgan fingerprint density at radius 1 is 1.00 bits per heavy atom. The SMILES string of the molecule is CCOc1cc2c(cc1OCC)[C@@H]1[C@H](C(=O)N(C)C3CCCCC3)c3ccccc3C(=O)N1CC2. The quantitative estimate of drug-likeness (QED) is 0.581. The van der Waals surface area contributed by atoms with E-state index in [2.05, 4.69) is 6.07 Å². The molecular weight excluding hydrogens is 440 g/mol. The van der Waals surface area contributed by atoms with Crippen LogP contribution in [0.3, 0.4) is 0 Å². The van der Waals surface area contributed by atoms with Gasteiger partial charge < -0.3 is 19.3 Å². The highest BCUT2D eigenvalue weighted by Gasteiger charge is 2.48. The molecule has 0 bridgehead atoms. The molecule has 2 heterocycles. The first kappa shape index (κ1) is 23.7. The van der Waals surface area contributed by atoms with Gasteiger partial charge in [0, 0.05) is 25.2 Å². The van der Waals surface area contributed by atoms with E-state index in [4.69, 9.17) is 9.47 Å². The van der Waals surface area contributed by atoms with E-state index >= 15 is 0 Å². The Labute approximate surface area is 208 Å². The number of nitrogens with zero attached hydrogens (tertiary/aromatic N) is 2. The summed E-state index contributed by atoms with van der Waals surface area (Å²) >= 11 is 0. The topological polar surface area (TPSA) is 59.1 Å². The van der Waals surface area contributed by atoms with Crippen molar-refractivity contribution in [2.75, 3.05) is 26.8 Å². The van der Waals surface area contributed by atoms with Crippen molar-refractivity contribution >= 4 is 11.8 Å². The van der Waals surface area contributed by atoms with Crippen LogP contribution in [0.25, 0.3) is 0 Å². The Bertz CT molecular complexity index is 1110. The van der Waals surface area contributed by atoms with Crippen LogP contribution in [0.2, 0.25) is 0 Å². The van der Waals surface area contributed by atoms with Gasteiger partial charge >= 0.3 is 0 Å². The molecule has 0 spiro atoms. The van der Waals surface area contributed by atoms with Crippen molar-refractivity contribution in [3.63, 3.8) is 0 Å². The first-order valence-electron chi connectivity index (χ1n) is 13.1. The van der Waals surface area contributed by atoms with Crippen molar-refractivity contribution < 1.29 is 19.1 Å². The lowest BCUT2D eigenvalue weighted by Crippen LogP contribution is -2.51. The summed E-state index contributed by atoms with van der Waals surface area (Å²) in [7, 11) is 1.95. The van der Waals surface area contributed by atoms with Crippen LogP contribution in [0, 0.1) is 0 Å². The van der Waals surface area contributed by atoms with E-state index in [0.29, 0.717) is 31.1 Å². The molecule has 35 heavy (non-hydrogen) atoms. The van der Waals surface area contributed by atoms with E-state index < -0.39 is 5.92 Å². The third-order valence-corrected chi connectivity index (χ3v) is 7.92. The van der Waals surface area contributed by atoms with Gasteiger partial charge in [0.2, 0.25) is 5.91 Å². The van der Waals surface area contributed by atoms with Gasteiger partial charge in [0.1, 0.15) is 0 Å². The predicted octanol–water partition coefficient (Wildman–Crippen LogP) is 5.11. The van der Waals surface area contributed by atoms with Crippen LogP contribution in [0.1, 0.15) is 85.0 Å². The van der Waals surface area contributed by atoms with E-state index in [9.17, 15) is 9.59 Å². The summed E-state index contributed by atoms with van der Waals surface area (Å²) in [5.74, 6) is 1.07. The van der Waals surface area contributed by atoms with Crippen LogP contribution in [0.15, 0.2) is 36.4 Å². The van der Waals surface area contributed by atoms with Crippen LogP contribution < -0.4 is 9.47 Å². The highest BCUT2D eigenvalue weighted by molar-refractivity contribution is 6.01. The number of ether oxygens (including phenoxy) is 2. The summed E-state index contributed by atoms with van der Waals surface area (Å²) < 4.78 is 11.8. The van der Waals surface area contributed by atoms with Gasteiger partial charge in [-0.1, -0.05) is 37.5 Å². The Balaban J connectivity index is 1.63. The lowest BCUT2D eigenvalue weighted by atomic mass is 9.75. The zero-order chi connectivity index (χ0) is 24.5.